The van der Waals surface area contributed by atoms with Gasteiger partial charge in [-0.3, -0.25) is 0 Å². The summed E-state index contributed by atoms with van der Waals surface area (Å²) in [7, 11) is 1.63. The van der Waals surface area contributed by atoms with Gasteiger partial charge in [-0.2, -0.15) is 0 Å². The van der Waals surface area contributed by atoms with E-state index in [1.807, 2.05) is 42.5 Å². The number of hydrogen-bond donors (Lipinski definition) is 1. The molecule has 0 bridgehead atoms. The summed E-state index contributed by atoms with van der Waals surface area (Å²) in [6, 6.07) is 14.8. The topological polar surface area (TPSA) is 64.7 Å². The zero-order valence-corrected chi connectivity index (χ0v) is 12.7. The van der Waals surface area contributed by atoms with E-state index in [-0.39, 0.29) is 6.61 Å². The largest absolute Gasteiger partial charge is 0.497 e. The van der Waals surface area contributed by atoms with Crippen LogP contribution >= 0.6 is 0 Å². The monoisotopic (exact) mass is 311 g/mol. The number of oxazole rings is 1. The number of aliphatic hydroxyl groups is 1. The molecule has 0 radical (unpaired) electrons. The van der Waals surface area contributed by atoms with E-state index in [1.54, 1.807) is 19.4 Å². The van der Waals surface area contributed by atoms with Crippen molar-refractivity contribution < 1.29 is 19.0 Å². The molecule has 0 aliphatic heterocycles. The van der Waals surface area contributed by atoms with Crippen LogP contribution in [0.3, 0.4) is 0 Å². The third-order valence-corrected chi connectivity index (χ3v) is 3.36. The van der Waals surface area contributed by atoms with Crippen molar-refractivity contribution in [1.82, 2.24) is 4.98 Å². The Kier molecular flexibility index (Phi) is 4.59. The molecule has 0 amide bonds. The highest BCUT2D eigenvalue weighted by atomic mass is 16.5. The summed E-state index contributed by atoms with van der Waals surface area (Å²) in [6.07, 6.45) is 1.58. The Morgan fingerprint density at radius 2 is 1.91 bits per heavy atom. The van der Waals surface area contributed by atoms with E-state index in [2.05, 4.69) is 4.98 Å². The Morgan fingerprint density at radius 1 is 1.09 bits per heavy atom. The molecule has 0 aliphatic rings. The Balaban J connectivity index is 1.66. The predicted molar refractivity (Wildman–Crippen MR) is 85.2 cm³/mol. The molecule has 0 unspecified atom stereocenters. The van der Waals surface area contributed by atoms with Crippen LogP contribution in [-0.4, -0.2) is 17.2 Å². The van der Waals surface area contributed by atoms with E-state index < -0.39 is 0 Å². The van der Waals surface area contributed by atoms with Crippen molar-refractivity contribution in [2.45, 2.75) is 13.2 Å². The minimum atomic E-state index is -0.0111. The lowest BCUT2D eigenvalue weighted by Gasteiger charge is -2.05. The molecule has 0 atom stereocenters. The van der Waals surface area contributed by atoms with Gasteiger partial charge in [0.05, 0.1) is 13.7 Å². The van der Waals surface area contributed by atoms with Crippen LogP contribution in [-0.2, 0) is 13.2 Å². The fourth-order valence-corrected chi connectivity index (χ4v) is 2.13. The molecule has 0 saturated heterocycles. The molecule has 5 nitrogen and oxygen atoms in total. The van der Waals surface area contributed by atoms with Crippen molar-refractivity contribution in [2.75, 3.05) is 7.11 Å². The van der Waals surface area contributed by atoms with E-state index in [0.29, 0.717) is 23.9 Å². The Labute approximate surface area is 134 Å². The van der Waals surface area contributed by atoms with Crippen LogP contribution in [0.5, 0.6) is 11.5 Å². The fraction of sp³-hybridized carbons (Fsp3) is 0.167. The summed E-state index contributed by atoms with van der Waals surface area (Å²) in [6.45, 7) is 0.289. The minimum Gasteiger partial charge on any atom is -0.497 e. The van der Waals surface area contributed by atoms with Crippen molar-refractivity contribution >= 4 is 0 Å². The van der Waals surface area contributed by atoms with Gasteiger partial charge in [0.1, 0.15) is 30.1 Å². The summed E-state index contributed by atoms with van der Waals surface area (Å²) in [5.74, 6) is 2.01. The van der Waals surface area contributed by atoms with Gasteiger partial charge in [0, 0.05) is 5.56 Å². The number of nitrogens with zero attached hydrogens (tertiary/aromatic N) is 1. The number of benzene rings is 2. The summed E-state index contributed by atoms with van der Waals surface area (Å²) in [4.78, 5) is 4.41. The summed E-state index contributed by atoms with van der Waals surface area (Å²) >= 11 is 0. The molecular weight excluding hydrogens is 294 g/mol. The smallest absolute Gasteiger partial charge is 0.226 e. The highest BCUT2D eigenvalue weighted by Crippen LogP contribution is 2.22. The van der Waals surface area contributed by atoms with Crippen LogP contribution in [0.2, 0.25) is 0 Å². The number of hydrogen-bond acceptors (Lipinski definition) is 5. The molecule has 0 saturated carbocycles. The Hall–Kier alpha value is -2.79. The second-order valence-electron chi connectivity index (χ2n) is 4.97. The first kappa shape index (κ1) is 15.1. The Morgan fingerprint density at radius 3 is 2.65 bits per heavy atom. The average Bonchev–Trinajstić information content (AvgIpc) is 3.09. The van der Waals surface area contributed by atoms with Crippen molar-refractivity contribution in [1.29, 1.82) is 0 Å². The van der Waals surface area contributed by atoms with Gasteiger partial charge >= 0.3 is 0 Å². The van der Waals surface area contributed by atoms with Crippen LogP contribution in [0.25, 0.3) is 11.5 Å². The maximum atomic E-state index is 9.12. The maximum absolute atomic E-state index is 9.12. The van der Waals surface area contributed by atoms with E-state index >= 15 is 0 Å². The van der Waals surface area contributed by atoms with Crippen molar-refractivity contribution in [3.05, 3.63) is 66.1 Å². The van der Waals surface area contributed by atoms with Crippen LogP contribution in [0.15, 0.2) is 59.2 Å². The first-order chi connectivity index (χ1) is 11.3. The number of aliphatic hydroxyl groups excluding tert-OH is 1. The zero-order chi connectivity index (χ0) is 16.1. The number of ether oxygens (including phenoxy) is 2. The van der Waals surface area contributed by atoms with E-state index in [0.717, 1.165) is 16.9 Å². The summed E-state index contributed by atoms with van der Waals surface area (Å²) in [5.41, 5.74) is 2.38. The third-order valence-electron chi connectivity index (χ3n) is 3.36. The summed E-state index contributed by atoms with van der Waals surface area (Å²) < 4.78 is 16.3. The molecule has 3 aromatic rings. The van der Waals surface area contributed by atoms with Gasteiger partial charge in [-0.25, -0.2) is 4.98 Å². The molecule has 0 spiro atoms. The minimum absolute atomic E-state index is 0.0111. The van der Waals surface area contributed by atoms with Gasteiger partial charge in [-0.05, 0) is 42.0 Å². The molecule has 0 fully saturated rings. The van der Waals surface area contributed by atoms with Gasteiger partial charge in [-0.1, -0.05) is 12.1 Å². The van der Waals surface area contributed by atoms with E-state index in [4.69, 9.17) is 19.0 Å². The predicted octanol–water partition coefficient (Wildman–Crippen LogP) is 3.42. The molecule has 1 heterocycles. The van der Waals surface area contributed by atoms with E-state index in [1.165, 1.54) is 0 Å². The molecular formula is C18H17NO4. The maximum Gasteiger partial charge on any atom is 0.226 e. The van der Waals surface area contributed by atoms with Gasteiger partial charge < -0.3 is 19.0 Å². The van der Waals surface area contributed by atoms with E-state index in [9.17, 15) is 0 Å². The Bertz CT molecular complexity index is 765. The average molecular weight is 311 g/mol. The highest BCUT2D eigenvalue weighted by molar-refractivity contribution is 5.54. The zero-order valence-electron chi connectivity index (χ0n) is 12.7. The molecule has 1 N–H and O–H groups in total. The normalized spacial score (nSPS) is 10.5. The molecule has 0 aliphatic carbocycles. The SMILES string of the molecule is COc1ccc(-c2nc(COc3cccc(CO)c3)co2)cc1. The lowest BCUT2D eigenvalue weighted by molar-refractivity contribution is 0.277. The quantitative estimate of drug-likeness (QED) is 0.755. The second kappa shape index (κ2) is 6.98. The van der Waals surface area contributed by atoms with Gasteiger partial charge in [-0.15, -0.1) is 0 Å². The second-order valence-corrected chi connectivity index (χ2v) is 4.97. The number of aromatic nitrogens is 1. The first-order valence-corrected chi connectivity index (χ1v) is 7.20. The highest BCUT2D eigenvalue weighted by Gasteiger charge is 2.08. The van der Waals surface area contributed by atoms with Crippen LogP contribution in [0.4, 0.5) is 0 Å². The molecule has 5 heteroatoms. The summed E-state index contributed by atoms with van der Waals surface area (Å²) in [5, 5.41) is 9.12. The van der Waals surface area contributed by atoms with Crippen molar-refractivity contribution in [3.63, 3.8) is 0 Å². The lowest BCUT2D eigenvalue weighted by Crippen LogP contribution is -1.96. The van der Waals surface area contributed by atoms with Gasteiger partial charge in [0.2, 0.25) is 5.89 Å². The molecule has 118 valence electrons. The van der Waals surface area contributed by atoms with Crippen molar-refractivity contribution in [2.24, 2.45) is 0 Å². The fourth-order valence-electron chi connectivity index (χ4n) is 2.13. The van der Waals surface area contributed by atoms with Gasteiger partial charge in [0.15, 0.2) is 0 Å². The molecule has 2 aromatic carbocycles. The molecule has 23 heavy (non-hydrogen) atoms. The van der Waals surface area contributed by atoms with Crippen molar-refractivity contribution in [3.8, 4) is 23.0 Å². The van der Waals surface area contributed by atoms with Gasteiger partial charge in [0.25, 0.3) is 0 Å². The van der Waals surface area contributed by atoms with Crippen LogP contribution in [0, 0.1) is 0 Å². The molecule has 3 rings (SSSR count). The third kappa shape index (κ3) is 3.70. The van der Waals surface area contributed by atoms with Crippen LogP contribution in [0.1, 0.15) is 11.3 Å². The first-order valence-electron chi connectivity index (χ1n) is 7.20. The standard InChI is InChI=1S/C18H17NO4/c1-21-16-7-5-14(6-8-16)18-19-15(12-23-18)11-22-17-4-2-3-13(9-17)10-20/h2-9,12,20H,10-11H2,1H3. The number of rotatable bonds is 6. The molecule has 1 aromatic heterocycles. The van der Waals surface area contributed by atoms with Crippen LogP contribution < -0.4 is 9.47 Å². The number of methoxy groups -OCH3 is 1. The lowest BCUT2D eigenvalue weighted by atomic mass is 10.2.